The van der Waals surface area contributed by atoms with E-state index in [1.807, 2.05) is 24.0 Å². The Morgan fingerprint density at radius 3 is 2.67 bits per heavy atom. The van der Waals surface area contributed by atoms with Crippen molar-refractivity contribution in [3.8, 4) is 0 Å². The quantitative estimate of drug-likeness (QED) is 0.871. The Morgan fingerprint density at radius 1 is 1.14 bits per heavy atom. The third kappa shape index (κ3) is 2.22. The van der Waals surface area contributed by atoms with Gasteiger partial charge >= 0.3 is 0 Å². The number of hydrogen-bond donors (Lipinski definition) is 1. The summed E-state index contributed by atoms with van der Waals surface area (Å²) < 4.78 is 0. The Hall–Kier alpha value is -1.87. The van der Waals surface area contributed by atoms with Crippen molar-refractivity contribution < 1.29 is 4.79 Å². The zero-order chi connectivity index (χ0) is 14.4. The number of fused-ring (bicyclic) bond motifs is 1. The van der Waals surface area contributed by atoms with Gasteiger partial charge in [0.2, 0.25) is 5.91 Å². The van der Waals surface area contributed by atoms with Crippen LogP contribution >= 0.6 is 0 Å². The lowest BCUT2D eigenvalue weighted by molar-refractivity contribution is -0.119. The number of anilines is 1. The average molecular weight is 280 g/mol. The molecule has 0 aromatic heterocycles. The largest absolute Gasteiger partial charge is 0.310 e. The molecule has 1 spiro atoms. The summed E-state index contributed by atoms with van der Waals surface area (Å²) in [5, 5.41) is 5.80. The van der Waals surface area contributed by atoms with Gasteiger partial charge in [-0.25, -0.2) is 0 Å². The summed E-state index contributed by atoms with van der Waals surface area (Å²) in [4.78, 5) is 14.7. The van der Waals surface area contributed by atoms with E-state index in [1.54, 1.807) is 0 Å². The summed E-state index contributed by atoms with van der Waals surface area (Å²) in [5.74, 6) is 0.189. The molecule has 0 bridgehead atoms. The van der Waals surface area contributed by atoms with Crippen LogP contribution in [0.2, 0.25) is 0 Å². The minimum atomic E-state index is -0.101. The molecule has 108 valence electrons. The molecule has 1 aliphatic heterocycles. The maximum absolute atomic E-state index is 12.7. The van der Waals surface area contributed by atoms with Crippen LogP contribution in [-0.2, 0) is 4.79 Å². The van der Waals surface area contributed by atoms with E-state index in [1.165, 1.54) is 23.6 Å². The molecule has 1 heterocycles. The van der Waals surface area contributed by atoms with Crippen molar-refractivity contribution in [3.05, 3.63) is 42.5 Å². The highest BCUT2D eigenvalue weighted by atomic mass is 16.2. The van der Waals surface area contributed by atoms with Crippen molar-refractivity contribution >= 4 is 22.4 Å². The van der Waals surface area contributed by atoms with Gasteiger partial charge in [0.05, 0.1) is 6.04 Å². The van der Waals surface area contributed by atoms with Crippen molar-refractivity contribution in [2.24, 2.45) is 5.41 Å². The summed E-state index contributed by atoms with van der Waals surface area (Å²) >= 11 is 0. The number of nitrogens with one attached hydrogen (secondary N) is 1. The van der Waals surface area contributed by atoms with E-state index in [0.717, 1.165) is 18.8 Å². The molecule has 3 nitrogen and oxygen atoms in total. The smallest absolute Gasteiger partial charge is 0.243 e. The van der Waals surface area contributed by atoms with Gasteiger partial charge in [-0.1, -0.05) is 30.3 Å². The molecule has 3 heteroatoms. The Bertz CT molecular complexity index is 705. The first-order valence-corrected chi connectivity index (χ1v) is 7.71. The third-order valence-corrected chi connectivity index (χ3v) is 4.92. The lowest BCUT2D eigenvalue weighted by atomic mass is 10.1. The van der Waals surface area contributed by atoms with Gasteiger partial charge in [0, 0.05) is 24.2 Å². The fourth-order valence-corrected chi connectivity index (χ4v) is 3.23. The molecule has 1 N–H and O–H groups in total. The third-order valence-electron chi connectivity index (χ3n) is 4.92. The number of carbonyl (C=O) groups is 1. The molecule has 2 fully saturated rings. The predicted octanol–water partition coefficient (Wildman–Crippen LogP) is 2.94. The van der Waals surface area contributed by atoms with Gasteiger partial charge in [0.15, 0.2) is 0 Å². The molecule has 1 unspecified atom stereocenters. The first-order chi connectivity index (χ1) is 10.2. The molecule has 0 radical (unpaired) electrons. The van der Waals surface area contributed by atoms with Crippen LogP contribution in [0, 0.1) is 5.41 Å². The topological polar surface area (TPSA) is 32.3 Å². The fraction of sp³-hybridized carbons (Fsp3) is 0.389. The molecule has 1 saturated carbocycles. The van der Waals surface area contributed by atoms with Gasteiger partial charge in [-0.15, -0.1) is 0 Å². The molecule has 1 amide bonds. The standard InChI is InChI=1S/C18H20N2O/c1-13-17(21)20(12-18(8-9-18)11-19-13)16-7-6-14-4-2-3-5-15(14)10-16/h2-7,10,13,19H,8-9,11-12H2,1H3. The summed E-state index contributed by atoms with van der Waals surface area (Å²) in [7, 11) is 0. The predicted molar refractivity (Wildman–Crippen MR) is 85.4 cm³/mol. The molecule has 1 atom stereocenters. The Morgan fingerprint density at radius 2 is 1.90 bits per heavy atom. The van der Waals surface area contributed by atoms with E-state index in [2.05, 4.69) is 35.6 Å². The molecular weight excluding hydrogens is 260 g/mol. The normalized spacial score (nSPS) is 24.3. The van der Waals surface area contributed by atoms with Gasteiger partial charge in [0.1, 0.15) is 0 Å². The van der Waals surface area contributed by atoms with Crippen molar-refractivity contribution in [2.75, 3.05) is 18.0 Å². The zero-order valence-corrected chi connectivity index (χ0v) is 12.3. The Kier molecular flexibility index (Phi) is 2.79. The maximum Gasteiger partial charge on any atom is 0.243 e. The van der Waals surface area contributed by atoms with E-state index in [4.69, 9.17) is 0 Å². The number of carbonyl (C=O) groups excluding carboxylic acids is 1. The minimum absolute atomic E-state index is 0.101. The summed E-state index contributed by atoms with van der Waals surface area (Å²) in [6, 6.07) is 14.5. The molecule has 1 saturated heterocycles. The molecule has 1 aliphatic carbocycles. The highest BCUT2D eigenvalue weighted by Crippen LogP contribution is 2.47. The van der Waals surface area contributed by atoms with Crippen LogP contribution < -0.4 is 10.2 Å². The zero-order valence-electron chi connectivity index (χ0n) is 12.3. The molecule has 21 heavy (non-hydrogen) atoms. The van der Waals surface area contributed by atoms with Crippen LogP contribution in [0.3, 0.4) is 0 Å². The van der Waals surface area contributed by atoms with Crippen molar-refractivity contribution in [2.45, 2.75) is 25.8 Å². The van der Waals surface area contributed by atoms with E-state index in [9.17, 15) is 4.79 Å². The molecule has 2 aliphatic rings. The van der Waals surface area contributed by atoms with Crippen LogP contribution in [0.4, 0.5) is 5.69 Å². The molecular formula is C18H20N2O. The van der Waals surface area contributed by atoms with Crippen LogP contribution in [0.5, 0.6) is 0 Å². The van der Waals surface area contributed by atoms with Crippen molar-refractivity contribution in [1.82, 2.24) is 5.32 Å². The van der Waals surface area contributed by atoms with Crippen LogP contribution in [-0.4, -0.2) is 25.0 Å². The van der Waals surface area contributed by atoms with Gasteiger partial charge in [-0.2, -0.15) is 0 Å². The SMILES string of the molecule is CC1NCC2(CC2)CN(c2ccc3ccccc3c2)C1=O. The number of benzene rings is 2. The lowest BCUT2D eigenvalue weighted by Crippen LogP contribution is -2.41. The second-order valence-electron chi connectivity index (χ2n) is 6.56. The second-order valence-corrected chi connectivity index (χ2v) is 6.56. The van der Waals surface area contributed by atoms with Crippen LogP contribution in [0.1, 0.15) is 19.8 Å². The van der Waals surface area contributed by atoms with Crippen molar-refractivity contribution in [1.29, 1.82) is 0 Å². The monoisotopic (exact) mass is 280 g/mol. The summed E-state index contributed by atoms with van der Waals surface area (Å²) in [6.45, 7) is 3.78. The maximum atomic E-state index is 12.7. The average Bonchev–Trinajstić information content (AvgIpc) is 3.30. The van der Waals surface area contributed by atoms with E-state index < -0.39 is 0 Å². The highest BCUT2D eigenvalue weighted by Gasteiger charge is 2.47. The number of hydrogen-bond acceptors (Lipinski definition) is 2. The fourth-order valence-electron chi connectivity index (χ4n) is 3.23. The molecule has 2 aromatic rings. The van der Waals surface area contributed by atoms with E-state index in [-0.39, 0.29) is 11.9 Å². The Balaban J connectivity index is 1.75. The highest BCUT2D eigenvalue weighted by molar-refractivity contribution is 5.99. The van der Waals surface area contributed by atoms with Crippen LogP contribution in [0.25, 0.3) is 10.8 Å². The first-order valence-electron chi connectivity index (χ1n) is 7.71. The lowest BCUT2D eigenvalue weighted by Gasteiger charge is -2.25. The van der Waals surface area contributed by atoms with E-state index in [0.29, 0.717) is 5.41 Å². The Labute approximate surface area is 124 Å². The van der Waals surface area contributed by atoms with Gasteiger partial charge in [-0.05, 0) is 42.7 Å². The van der Waals surface area contributed by atoms with Gasteiger partial charge < -0.3 is 10.2 Å². The second kappa shape index (κ2) is 4.57. The van der Waals surface area contributed by atoms with Crippen molar-refractivity contribution in [3.63, 3.8) is 0 Å². The van der Waals surface area contributed by atoms with Gasteiger partial charge in [0.25, 0.3) is 0 Å². The van der Waals surface area contributed by atoms with Crippen LogP contribution in [0.15, 0.2) is 42.5 Å². The van der Waals surface area contributed by atoms with E-state index >= 15 is 0 Å². The molecule has 2 aromatic carbocycles. The first kappa shape index (κ1) is 12.8. The summed E-state index contributed by atoms with van der Waals surface area (Å²) in [5.41, 5.74) is 1.34. The van der Waals surface area contributed by atoms with Gasteiger partial charge in [-0.3, -0.25) is 4.79 Å². The minimum Gasteiger partial charge on any atom is -0.310 e. The number of amides is 1. The number of rotatable bonds is 1. The molecule has 4 rings (SSSR count). The summed E-state index contributed by atoms with van der Waals surface area (Å²) in [6.07, 6.45) is 2.45. The number of nitrogens with zero attached hydrogens (tertiary/aromatic N) is 1.